The lowest BCUT2D eigenvalue weighted by atomic mass is 10.2. The Labute approximate surface area is 114 Å². The summed E-state index contributed by atoms with van der Waals surface area (Å²) >= 11 is 3.49. The van der Waals surface area contributed by atoms with Gasteiger partial charge in [-0.25, -0.2) is 9.97 Å². The summed E-state index contributed by atoms with van der Waals surface area (Å²) in [6, 6.07) is 9.62. The van der Waals surface area contributed by atoms with Crippen molar-refractivity contribution in [1.82, 2.24) is 9.97 Å². The van der Waals surface area contributed by atoms with Crippen LogP contribution in [-0.2, 0) is 0 Å². The normalized spacial score (nSPS) is 9.89. The number of hydrogen-bond acceptors (Lipinski definition) is 4. The first-order chi connectivity index (χ1) is 8.58. The molecule has 0 saturated heterocycles. The molecule has 0 bridgehead atoms. The fraction of sp³-hybridized carbons (Fsp3) is 0.154. The topological polar surface area (TPSA) is 61.6 Å². The van der Waals surface area contributed by atoms with E-state index in [2.05, 4.69) is 31.2 Å². The molecule has 18 heavy (non-hydrogen) atoms. The van der Waals surface area contributed by atoms with E-state index in [1.807, 2.05) is 31.2 Å². The molecular weight excluding hydrogens is 292 g/mol. The minimum absolute atomic E-state index is 0.355. The lowest BCUT2D eigenvalue weighted by Crippen LogP contribution is -1.99. The Morgan fingerprint density at radius 3 is 2.67 bits per heavy atom. The highest BCUT2D eigenvalue weighted by Crippen LogP contribution is 2.26. The van der Waals surface area contributed by atoms with Gasteiger partial charge in [0.05, 0.1) is 5.69 Å². The van der Waals surface area contributed by atoms with Crippen molar-refractivity contribution < 1.29 is 0 Å². The van der Waals surface area contributed by atoms with Crippen LogP contribution in [0, 0.1) is 25.2 Å². The number of halogens is 1. The Bertz CT molecular complexity index is 631. The van der Waals surface area contributed by atoms with Crippen LogP contribution in [0.2, 0.25) is 0 Å². The SMILES string of the molecule is Cc1ccc(Nc2cc(C#N)nc(C)n2)c(Br)c1. The fourth-order valence-electron chi connectivity index (χ4n) is 1.55. The molecule has 0 aliphatic rings. The van der Waals surface area contributed by atoms with E-state index in [4.69, 9.17) is 5.26 Å². The van der Waals surface area contributed by atoms with Crippen molar-refractivity contribution in [3.05, 3.63) is 45.8 Å². The van der Waals surface area contributed by atoms with Crippen molar-refractivity contribution >= 4 is 27.4 Å². The zero-order valence-electron chi connectivity index (χ0n) is 10.0. The molecule has 5 heteroatoms. The third kappa shape index (κ3) is 2.84. The average Bonchev–Trinajstić information content (AvgIpc) is 2.32. The predicted octanol–water partition coefficient (Wildman–Crippen LogP) is 3.47. The van der Waals surface area contributed by atoms with E-state index in [9.17, 15) is 0 Å². The Morgan fingerprint density at radius 1 is 1.22 bits per heavy atom. The van der Waals surface area contributed by atoms with Crippen LogP contribution in [0.4, 0.5) is 11.5 Å². The molecule has 90 valence electrons. The Hall–Kier alpha value is -1.93. The highest BCUT2D eigenvalue weighted by Gasteiger charge is 2.04. The minimum atomic E-state index is 0.355. The minimum Gasteiger partial charge on any atom is -0.339 e. The molecule has 0 amide bonds. The lowest BCUT2D eigenvalue weighted by Gasteiger charge is -2.09. The molecule has 4 nitrogen and oxygen atoms in total. The zero-order valence-corrected chi connectivity index (χ0v) is 11.6. The molecule has 0 saturated carbocycles. The maximum atomic E-state index is 8.87. The van der Waals surface area contributed by atoms with Crippen molar-refractivity contribution in [2.45, 2.75) is 13.8 Å². The van der Waals surface area contributed by atoms with E-state index in [-0.39, 0.29) is 0 Å². The van der Waals surface area contributed by atoms with Gasteiger partial charge in [0.25, 0.3) is 0 Å². The van der Waals surface area contributed by atoms with Gasteiger partial charge >= 0.3 is 0 Å². The Kier molecular flexibility index (Phi) is 3.58. The molecule has 0 radical (unpaired) electrons. The molecule has 0 atom stereocenters. The summed E-state index contributed by atoms with van der Waals surface area (Å²) in [6.07, 6.45) is 0. The maximum Gasteiger partial charge on any atom is 0.146 e. The van der Waals surface area contributed by atoms with Gasteiger partial charge in [-0.15, -0.1) is 0 Å². The predicted molar refractivity (Wildman–Crippen MR) is 73.6 cm³/mol. The monoisotopic (exact) mass is 302 g/mol. The first kappa shape index (κ1) is 12.5. The molecular formula is C13H11BrN4. The number of aryl methyl sites for hydroxylation is 2. The van der Waals surface area contributed by atoms with E-state index in [0.29, 0.717) is 17.3 Å². The number of nitrogens with one attached hydrogen (secondary N) is 1. The van der Waals surface area contributed by atoms with Gasteiger partial charge in [0.15, 0.2) is 0 Å². The van der Waals surface area contributed by atoms with Gasteiger partial charge in [-0.05, 0) is 47.5 Å². The van der Waals surface area contributed by atoms with E-state index in [1.165, 1.54) is 5.56 Å². The van der Waals surface area contributed by atoms with Crippen molar-refractivity contribution in [3.8, 4) is 6.07 Å². The van der Waals surface area contributed by atoms with Gasteiger partial charge < -0.3 is 5.32 Å². The zero-order chi connectivity index (χ0) is 13.1. The van der Waals surface area contributed by atoms with Gasteiger partial charge in [0.2, 0.25) is 0 Å². The van der Waals surface area contributed by atoms with Crippen LogP contribution in [-0.4, -0.2) is 9.97 Å². The molecule has 0 aliphatic carbocycles. The molecule has 2 aromatic rings. The van der Waals surface area contributed by atoms with Crippen LogP contribution in [0.25, 0.3) is 0 Å². The number of hydrogen-bond donors (Lipinski definition) is 1. The van der Waals surface area contributed by atoms with E-state index < -0.39 is 0 Å². The van der Waals surface area contributed by atoms with E-state index in [1.54, 1.807) is 13.0 Å². The second-order valence-electron chi connectivity index (χ2n) is 3.91. The van der Waals surface area contributed by atoms with Gasteiger partial charge in [-0.1, -0.05) is 6.07 Å². The first-order valence-electron chi connectivity index (χ1n) is 5.37. The number of rotatable bonds is 2. The fourth-order valence-corrected chi connectivity index (χ4v) is 2.14. The summed E-state index contributed by atoms with van der Waals surface area (Å²) in [4.78, 5) is 8.25. The summed E-state index contributed by atoms with van der Waals surface area (Å²) < 4.78 is 0.956. The van der Waals surface area contributed by atoms with Crippen LogP contribution in [0.15, 0.2) is 28.7 Å². The summed E-state index contributed by atoms with van der Waals surface area (Å²) in [6.45, 7) is 3.79. The second kappa shape index (κ2) is 5.15. The third-order valence-electron chi connectivity index (χ3n) is 2.34. The van der Waals surface area contributed by atoms with E-state index >= 15 is 0 Å². The standard InChI is InChI=1S/C13H11BrN4/c1-8-3-4-12(11(14)5-8)18-13-6-10(7-15)16-9(2)17-13/h3-6H,1-2H3,(H,16,17,18). The number of aromatic nitrogens is 2. The van der Waals surface area contributed by atoms with Crippen molar-refractivity contribution in [2.75, 3.05) is 5.32 Å². The number of nitriles is 1. The van der Waals surface area contributed by atoms with Gasteiger partial charge in [-0.3, -0.25) is 0 Å². The van der Waals surface area contributed by atoms with Crippen LogP contribution < -0.4 is 5.32 Å². The summed E-state index contributed by atoms with van der Waals surface area (Å²) in [5, 5.41) is 12.0. The Morgan fingerprint density at radius 2 is 2.00 bits per heavy atom. The first-order valence-corrected chi connectivity index (χ1v) is 6.17. The smallest absolute Gasteiger partial charge is 0.146 e. The van der Waals surface area contributed by atoms with Gasteiger partial charge in [0, 0.05) is 10.5 Å². The molecule has 1 N–H and O–H groups in total. The molecule has 0 aliphatic heterocycles. The molecule has 1 heterocycles. The molecule has 2 rings (SSSR count). The molecule has 0 unspecified atom stereocenters. The highest BCUT2D eigenvalue weighted by atomic mass is 79.9. The number of anilines is 2. The van der Waals surface area contributed by atoms with Gasteiger partial charge in [-0.2, -0.15) is 5.26 Å². The quantitative estimate of drug-likeness (QED) is 0.922. The van der Waals surface area contributed by atoms with Gasteiger partial charge in [0.1, 0.15) is 23.4 Å². The lowest BCUT2D eigenvalue weighted by molar-refractivity contribution is 1.04. The molecule has 1 aromatic heterocycles. The third-order valence-corrected chi connectivity index (χ3v) is 3.00. The highest BCUT2D eigenvalue weighted by molar-refractivity contribution is 9.10. The summed E-state index contributed by atoms with van der Waals surface area (Å²) in [5.41, 5.74) is 2.43. The largest absolute Gasteiger partial charge is 0.339 e. The summed E-state index contributed by atoms with van der Waals surface area (Å²) in [7, 11) is 0. The number of nitrogens with zero attached hydrogens (tertiary/aromatic N) is 3. The number of benzene rings is 1. The maximum absolute atomic E-state index is 8.87. The Balaban J connectivity index is 2.34. The van der Waals surface area contributed by atoms with Crippen molar-refractivity contribution in [1.29, 1.82) is 5.26 Å². The molecule has 0 spiro atoms. The average molecular weight is 303 g/mol. The van der Waals surface area contributed by atoms with Crippen molar-refractivity contribution in [3.63, 3.8) is 0 Å². The van der Waals surface area contributed by atoms with Crippen molar-refractivity contribution in [2.24, 2.45) is 0 Å². The van der Waals surface area contributed by atoms with Crippen LogP contribution >= 0.6 is 15.9 Å². The molecule has 1 aromatic carbocycles. The van der Waals surface area contributed by atoms with Crippen LogP contribution in [0.1, 0.15) is 17.1 Å². The second-order valence-corrected chi connectivity index (χ2v) is 4.76. The van der Waals surface area contributed by atoms with E-state index in [0.717, 1.165) is 10.2 Å². The van der Waals surface area contributed by atoms with Crippen LogP contribution in [0.5, 0.6) is 0 Å². The molecule has 0 fully saturated rings. The van der Waals surface area contributed by atoms with Crippen LogP contribution in [0.3, 0.4) is 0 Å². The summed E-state index contributed by atoms with van der Waals surface area (Å²) in [5.74, 6) is 1.18.